The highest BCUT2D eigenvalue weighted by Crippen LogP contribution is 2.07. The molecule has 1 aliphatic rings. The van der Waals surface area contributed by atoms with Gasteiger partial charge in [-0.05, 0) is 38.9 Å². The highest BCUT2D eigenvalue weighted by atomic mass is 32.1. The molecule has 1 saturated heterocycles. The molecule has 6 heteroatoms. The van der Waals surface area contributed by atoms with E-state index in [-0.39, 0.29) is 0 Å². The number of hydrogen-bond donors (Lipinski definition) is 2. The molecule has 1 aromatic rings. The number of likely N-dealkylation sites (tertiary alicyclic amines) is 1. The minimum absolute atomic E-state index is 0.308. The molecule has 98 valence electrons. The zero-order valence-corrected chi connectivity index (χ0v) is 11.5. The van der Waals surface area contributed by atoms with Gasteiger partial charge in [0.1, 0.15) is 10.7 Å². The van der Waals surface area contributed by atoms with Crippen molar-refractivity contribution in [3.8, 4) is 0 Å². The lowest BCUT2D eigenvalue weighted by Crippen LogP contribution is -2.26. The zero-order chi connectivity index (χ0) is 13.0. The van der Waals surface area contributed by atoms with Crippen LogP contribution < -0.4 is 11.1 Å². The Balaban J connectivity index is 1.89. The van der Waals surface area contributed by atoms with Crippen LogP contribution in [0.1, 0.15) is 24.2 Å². The summed E-state index contributed by atoms with van der Waals surface area (Å²) in [5, 5.41) is 3.23. The maximum atomic E-state index is 5.58. The molecule has 1 aromatic heterocycles. The first-order chi connectivity index (χ1) is 8.65. The predicted molar refractivity (Wildman–Crippen MR) is 76.8 cm³/mol. The predicted octanol–water partition coefficient (Wildman–Crippen LogP) is 0.927. The molecule has 18 heavy (non-hydrogen) atoms. The maximum Gasteiger partial charge on any atom is 0.223 e. The Morgan fingerprint density at radius 3 is 2.83 bits per heavy atom. The molecule has 0 spiro atoms. The minimum Gasteiger partial charge on any atom is -0.388 e. The molecule has 0 saturated carbocycles. The van der Waals surface area contributed by atoms with Gasteiger partial charge < -0.3 is 16.0 Å². The Labute approximate surface area is 113 Å². The summed E-state index contributed by atoms with van der Waals surface area (Å²) >= 11 is 4.93. The van der Waals surface area contributed by atoms with Gasteiger partial charge in [-0.3, -0.25) is 0 Å². The van der Waals surface area contributed by atoms with E-state index in [0.717, 1.165) is 18.8 Å². The number of aryl methyl sites for hydroxylation is 1. The molecule has 0 radical (unpaired) electrons. The number of thiocarbonyl (C=S) groups is 1. The number of aromatic nitrogens is 2. The molecule has 2 rings (SSSR count). The molecule has 3 N–H and O–H groups in total. The Bertz CT molecular complexity index is 428. The van der Waals surface area contributed by atoms with Gasteiger partial charge in [0.2, 0.25) is 5.95 Å². The van der Waals surface area contributed by atoms with Crippen LogP contribution in [0.4, 0.5) is 5.95 Å². The van der Waals surface area contributed by atoms with Crippen LogP contribution in [0.25, 0.3) is 0 Å². The first kappa shape index (κ1) is 13.2. The summed E-state index contributed by atoms with van der Waals surface area (Å²) in [6, 6.07) is 1.80. The van der Waals surface area contributed by atoms with Crippen molar-refractivity contribution >= 4 is 23.2 Å². The van der Waals surface area contributed by atoms with Crippen LogP contribution in [-0.2, 0) is 0 Å². The van der Waals surface area contributed by atoms with Gasteiger partial charge in [-0.15, -0.1) is 0 Å². The van der Waals surface area contributed by atoms with Crippen LogP contribution in [0, 0.1) is 6.92 Å². The molecule has 0 aliphatic carbocycles. The van der Waals surface area contributed by atoms with Crippen molar-refractivity contribution in [2.24, 2.45) is 5.73 Å². The third kappa shape index (κ3) is 3.61. The van der Waals surface area contributed by atoms with Crippen molar-refractivity contribution in [1.29, 1.82) is 0 Å². The van der Waals surface area contributed by atoms with Crippen LogP contribution >= 0.6 is 12.2 Å². The first-order valence-corrected chi connectivity index (χ1v) is 6.68. The summed E-state index contributed by atoms with van der Waals surface area (Å²) in [5.74, 6) is 0.608. The van der Waals surface area contributed by atoms with Crippen LogP contribution in [0.2, 0.25) is 0 Å². The molecule has 5 nitrogen and oxygen atoms in total. The fraction of sp³-hybridized carbons (Fsp3) is 0.583. The van der Waals surface area contributed by atoms with Gasteiger partial charge in [0.05, 0.1) is 0 Å². The standard InChI is InChI=1S/C12H19N5S/c1-9-8-10(11(13)18)16-12(15-9)14-4-7-17-5-2-3-6-17/h8H,2-7H2,1H3,(H2,13,18)(H,14,15,16). The second kappa shape index (κ2) is 6.06. The number of nitrogens with zero attached hydrogens (tertiary/aromatic N) is 3. The third-order valence-corrected chi connectivity index (χ3v) is 3.23. The van der Waals surface area contributed by atoms with Gasteiger partial charge >= 0.3 is 0 Å². The summed E-state index contributed by atoms with van der Waals surface area (Å²) in [4.78, 5) is 11.4. The van der Waals surface area contributed by atoms with Crippen molar-refractivity contribution in [1.82, 2.24) is 14.9 Å². The van der Waals surface area contributed by atoms with E-state index in [2.05, 4.69) is 20.2 Å². The number of nitrogens with one attached hydrogen (secondary N) is 1. The van der Waals surface area contributed by atoms with Crippen LogP contribution in [0.3, 0.4) is 0 Å². The molecule has 1 fully saturated rings. The van der Waals surface area contributed by atoms with E-state index in [1.54, 1.807) is 6.07 Å². The highest BCUT2D eigenvalue weighted by molar-refractivity contribution is 7.80. The van der Waals surface area contributed by atoms with Crippen LogP contribution in [0.15, 0.2) is 6.07 Å². The van der Waals surface area contributed by atoms with Gasteiger partial charge in [0, 0.05) is 18.8 Å². The fourth-order valence-corrected chi connectivity index (χ4v) is 2.21. The Kier molecular flexibility index (Phi) is 4.43. The van der Waals surface area contributed by atoms with Gasteiger partial charge in [0.15, 0.2) is 0 Å². The molecule has 0 amide bonds. The Morgan fingerprint density at radius 1 is 1.44 bits per heavy atom. The van der Waals surface area contributed by atoms with Gasteiger partial charge in [0.25, 0.3) is 0 Å². The van der Waals surface area contributed by atoms with Gasteiger partial charge in [-0.2, -0.15) is 0 Å². The summed E-state index contributed by atoms with van der Waals surface area (Å²) in [6.45, 7) is 6.19. The molecular formula is C12H19N5S. The second-order valence-corrected chi connectivity index (χ2v) is 5.00. The molecule has 2 heterocycles. The van der Waals surface area contributed by atoms with E-state index in [1.165, 1.54) is 25.9 Å². The first-order valence-electron chi connectivity index (χ1n) is 6.27. The van der Waals surface area contributed by atoms with Crippen molar-refractivity contribution in [2.75, 3.05) is 31.5 Å². The van der Waals surface area contributed by atoms with Crippen molar-refractivity contribution in [3.05, 3.63) is 17.5 Å². The van der Waals surface area contributed by atoms with E-state index in [1.807, 2.05) is 6.92 Å². The van der Waals surface area contributed by atoms with Crippen LogP contribution in [0.5, 0.6) is 0 Å². The second-order valence-electron chi connectivity index (χ2n) is 4.56. The molecule has 0 unspecified atom stereocenters. The number of nitrogens with two attached hydrogens (primary N) is 1. The van der Waals surface area contributed by atoms with Crippen LogP contribution in [-0.4, -0.2) is 46.0 Å². The average Bonchev–Trinajstić information content (AvgIpc) is 2.81. The smallest absolute Gasteiger partial charge is 0.223 e. The van der Waals surface area contributed by atoms with Gasteiger partial charge in [-0.1, -0.05) is 12.2 Å². The van der Waals surface area contributed by atoms with E-state index < -0.39 is 0 Å². The third-order valence-electron chi connectivity index (χ3n) is 3.02. The molecule has 0 bridgehead atoms. The van der Waals surface area contributed by atoms with Crippen molar-refractivity contribution in [3.63, 3.8) is 0 Å². The number of anilines is 1. The lowest BCUT2D eigenvalue weighted by Gasteiger charge is -2.15. The number of hydrogen-bond acceptors (Lipinski definition) is 5. The summed E-state index contributed by atoms with van der Waals surface area (Å²) in [5.41, 5.74) is 7.08. The molecule has 0 atom stereocenters. The highest BCUT2D eigenvalue weighted by Gasteiger charge is 2.10. The SMILES string of the molecule is Cc1cc(C(N)=S)nc(NCCN2CCCC2)n1. The van der Waals surface area contributed by atoms with Crippen molar-refractivity contribution in [2.45, 2.75) is 19.8 Å². The topological polar surface area (TPSA) is 67.1 Å². The zero-order valence-electron chi connectivity index (χ0n) is 10.6. The van der Waals surface area contributed by atoms with E-state index in [0.29, 0.717) is 16.6 Å². The summed E-state index contributed by atoms with van der Waals surface area (Å²) in [6.07, 6.45) is 2.62. The molecular weight excluding hydrogens is 246 g/mol. The molecule has 1 aliphatic heterocycles. The largest absolute Gasteiger partial charge is 0.388 e. The summed E-state index contributed by atoms with van der Waals surface area (Å²) < 4.78 is 0. The average molecular weight is 265 g/mol. The quantitative estimate of drug-likeness (QED) is 0.772. The van der Waals surface area contributed by atoms with E-state index >= 15 is 0 Å². The van der Waals surface area contributed by atoms with Gasteiger partial charge in [-0.25, -0.2) is 9.97 Å². The van der Waals surface area contributed by atoms with E-state index in [4.69, 9.17) is 18.0 Å². The lowest BCUT2D eigenvalue weighted by atomic mass is 10.3. The normalized spacial score (nSPS) is 15.8. The lowest BCUT2D eigenvalue weighted by molar-refractivity contribution is 0.352. The molecule has 0 aromatic carbocycles. The number of rotatable bonds is 5. The fourth-order valence-electron chi connectivity index (χ4n) is 2.11. The monoisotopic (exact) mass is 265 g/mol. The summed E-state index contributed by atoms with van der Waals surface area (Å²) in [7, 11) is 0. The van der Waals surface area contributed by atoms with Crippen molar-refractivity contribution < 1.29 is 0 Å². The van der Waals surface area contributed by atoms with E-state index in [9.17, 15) is 0 Å². The Hall–Kier alpha value is -1.27. The Morgan fingerprint density at radius 2 is 2.17 bits per heavy atom. The minimum atomic E-state index is 0.308. The maximum absolute atomic E-state index is 5.58.